The van der Waals surface area contributed by atoms with Gasteiger partial charge in [0.05, 0.1) is 5.60 Å². The molecule has 2 amide bonds. The summed E-state index contributed by atoms with van der Waals surface area (Å²) in [6.07, 6.45) is 2.00. The molecule has 6 nitrogen and oxygen atoms in total. The Hall–Kier alpha value is -1.21. The number of carbonyl (C=O) groups is 1. The van der Waals surface area contributed by atoms with Gasteiger partial charge in [-0.1, -0.05) is 32.1 Å². The standard InChI is InChI=1S/C11H20N4O2S/c1-4-8-14-15-10(18-8)13-9(16)12-7-11(17,5-2)6-3/h17H,4-7H2,1-3H3,(H2,12,13,15,16). The summed E-state index contributed by atoms with van der Waals surface area (Å²) in [7, 11) is 0. The largest absolute Gasteiger partial charge is 0.388 e. The highest BCUT2D eigenvalue weighted by Crippen LogP contribution is 2.16. The lowest BCUT2D eigenvalue weighted by molar-refractivity contribution is 0.0354. The monoisotopic (exact) mass is 272 g/mol. The molecule has 1 rings (SSSR count). The molecule has 0 radical (unpaired) electrons. The molecule has 0 saturated heterocycles. The van der Waals surface area contributed by atoms with E-state index in [1.165, 1.54) is 11.3 Å². The van der Waals surface area contributed by atoms with Crippen LogP contribution in [0.25, 0.3) is 0 Å². The predicted octanol–water partition coefficient (Wildman–Crippen LogP) is 1.77. The van der Waals surface area contributed by atoms with Crippen LogP contribution in [0.15, 0.2) is 0 Å². The molecule has 3 N–H and O–H groups in total. The molecule has 102 valence electrons. The summed E-state index contributed by atoms with van der Waals surface area (Å²) in [5.41, 5.74) is -0.840. The van der Waals surface area contributed by atoms with Crippen LogP contribution in [0, 0.1) is 0 Å². The van der Waals surface area contributed by atoms with E-state index in [0.29, 0.717) is 18.0 Å². The molecule has 7 heteroatoms. The number of carbonyl (C=O) groups excluding carboxylic acids is 1. The zero-order valence-electron chi connectivity index (χ0n) is 11.0. The van der Waals surface area contributed by atoms with Gasteiger partial charge in [0.1, 0.15) is 5.01 Å². The lowest BCUT2D eigenvalue weighted by atomic mass is 9.98. The quantitative estimate of drug-likeness (QED) is 0.736. The Labute approximate surface area is 111 Å². The van der Waals surface area contributed by atoms with Crippen molar-refractivity contribution in [2.24, 2.45) is 0 Å². The summed E-state index contributed by atoms with van der Waals surface area (Å²) in [5, 5.41) is 24.4. The van der Waals surface area contributed by atoms with Crippen LogP contribution in [0.1, 0.15) is 38.6 Å². The second-order valence-corrected chi connectivity index (χ2v) is 5.16. The average molecular weight is 272 g/mol. The molecular weight excluding hydrogens is 252 g/mol. The van der Waals surface area contributed by atoms with E-state index in [0.717, 1.165) is 11.4 Å². The zero-order chi connectivity index (χ0) is 13.6. The van der Waals surface area contributed by atoms with Crippen molar-refractivity contribution >= 4 is 22.5 Å². The summed E-state index contributed by atoms with van der Waals surface area (Å²) >= 11 is 1.35. The van der Waals surface area contributed by atoms with Gasteiger partial charge in [-0.15, -0.1) is 10.2 Å². The van der Waals surface area contributed by atoms with Gasteiger partial charge in [0.25, 0.3) is 0 Å². The fourth-order valence-corrected chi connectivity index (χ4v) is 2.01. The number of aryl methyl sites for hydroxylation is 1. The van der Waals surface area contributed by atoms with Gasteiger partial charge in [-0.3, -0.25) is 5.32 Å². The highest BCUT2D eigenvalue weighted by atomic mass is 32.1. The van der Waals surface area contributed by atoms with Crippen molar-refractivity contribution in [2.45, 2.75) is 45.6 Å². The van der Waals surface area contributed by atoms with Crippen molar-refractivity contribution in [1.29, 1.82) is 0 Å². The first kappa shape index (κ1) is 14.8. The number of rotatable bonds is 6. The molecule has 0 bridgehead atoms. The van der Waals surface area contributed by atoms with E-state index >= 15 is 0 Å². The van der Waals surface area contributed by atoms with Gasteiger partial charge in [-0.2, -0.15) is 0 Å². The first-order valence-electron chi connectivity index (χ1n) is 6.12. The van der Waals surface area contributed by atoms with Gasteiger partial charge in [-0.25, -0.2) is 4.79 Å². The van der Waals surface area contributed by atoms with E-state index in [1.54, 1.807) is 0 Å². The van der Waals surface area contributed by atoms with Crippen molar-refractivity contribution in [3.8, 4) is 0 Å². The number of nitrogens with zero attached hydrogens (tertiary/aromatic N) is 2. The van der Waals surface area contributed by atoms with Crippen LogP contribution < -0.4 is 10.6 Å². The Morgan fingerprint density at radius 2 is 2.00 bits per heavy atom. The number of aromatic nitrogens is 2. The van der Waals surface area contributed by atoms with Crippen LogP contribution in [0.5, 0.6) is 0 Å². The van der Waals surface area contributed by atoms with E-state index in [4.69, 9.17) is 0 Å². The minimum absolute atomic E-state index is 0.227. The van der Waals surface area contributed by atoms with Gasteiger partial charge in [0.2, 0.25) is 5.13 Å². The van der Waals surface area contributed by atoms with Gasteiger partial charge in [0.15, 0.2) is 0 Å². The van der Waals surface area contributed by atoms with Gasteiger partial charge in [0, 0.05) is 6.54 Å². The molecular formula is C11H20N4O2S. The van der Waals surface area contributed by atoms with Crippen LogP contribution in [0.3, 0.4) is 0 Å². The maximum Gasteiger partial charge on any atom is 0.321 e. The van der Waals surface area contributed by atoms with Crippen LogP contribution in [0.2, 0.25) is 0 Å². The van der Waals surface area contributed by atoms with E-state index in [2.05, 4.69) is 20.8 Å². The van der Waals surface area contributed by atoms with Gasteiger partial charge >= 0.3 is 6.03 Å². The lowest BCUT2D eigenvalue weighted by Crippen LogP contribution is -2.43. The zero-order valence-corrected chi connectivity index (χ0v) is 11.8. The number of amides is 2. The molecule has 0 aliphatic rings. The average Bonchev–Trinajstić information content (AvgIpc) is 2.83. The SMILES string of the molecule is CCc1nnc(NC(=O)NCC(O)(CC)CC)s1. The lowest BCUT2D eigenvalue weighted by Gasteiger charge is -2.25. The molecule has 0 unspecified atom stereocenters. The van der Waals surface area contributed by atoms with Gasteiger partial charge in [-0.05, 0) is 19.3 Å². The highest BCUT2D eigenvalue weighted by Gasteiger charge is 2.22. The van der Waals surface area contributed by atoms with Crippen molar-refractivity contribution in [3.05, 3.63) is 5.01 Å². The molecule has 18 heavy (non-hydrogen) atoms. The van der Waals surface area contributed by atoms with Crippen molar-refractivity contribution in [3.63, 3.8) is 0 Å². The van der Waals surface area contributed by atoms with Crippen molar-refractivity contribution < 1.29 is 9.90 Å². The summed E-state index contributed by atoms with van der Waals surface area (Å²) < 4.78 is 0. The molecule has 0 atom stereocenters. The summed E-state index contributed by atoms with van der Waals surface area (Å²) in [5.74, 6) is 0. The van der Waals surface area contributed by atoms with E-state index in [9.17, 15) is 9.90 Å². The molecule has 0 spiro atoms. The third-order valence-corrected chi connectivity index (χ3v) is 3.87. The first-order valence-corrected chi connectivity index (χ1v) is 6.94. The third-order valence-electron chi connectivity index (χ3n) is 2.88. The topological polar surface area (TPSA) is 87.1 Å². The molecule has 0 aliphatic heterocycles. The van der Waals surface area contributed by atoms with Crippen molar-refractivity contribution in [2.75, 3.05) is 11.9 Å². The number of urea groups is 1. The second kappa shape index (κ2) is 6.65. The Balaban J connectivity index is 2.42. The Bertz CT molecular complexity index is 390. The molecule has 1 aromatic rings. The summed E-state index contributed by atoms with van der Waals surface area (Å²) in [6.45, 7) is 5.99. The molecule has 0 aromatic carbocycles. The van der Waals surface area contributed by atoms with E-state index in [-0.39, 0.29) is 12.6 Å². The summed E-state index contributed by atoms with van der Waals surface area (Å²) in [6, 6.07) is -0.367. The van der Waals surface area contributed by atoms with Crippen LogP contribution in [-0.2, 0) is 6.42 Å². The third kappa shape index (κ3) is 4.23. The van der Waals surface area contributed by atoms with Crippen LogP contribution in [0.4, 0.5) is 9.93 Å². The van der Waals surface area contributed by atoms with Crippen molar-refractivity contribution in [1.82, 2.24) is 15.5 Å². The Morgan fingerprint density at radius 3 is 2.50 bits per heavy atom. The number of hydrogen-bond donors (Lipinski definition) is 3. The molecule has 0 fully saturated rings. The second-order valence-electron chi connectivity index (χ2n) is 4.09. The number of nitrogens with one attached hydrogen (secondary N) is 2. The predicted molar refractivity (Wildman–Crippen MR) is 71.8 cm³/mol. The molecule has 0 saturated carbocycles. The summed E-state index contributed by atoms with van der Waals surface area (Å²) in [4.78, 5) is 11.6. The first-order chi connectivity index (χ1) is 8.53. The smallest absolute Gasteiger partial charge is 0.321 e. The molecule has 0 aliphatic carbocycles. The maximum absolute atomic E-state index is 11.6. The number of anilines is 1. The Kier molecular flexibility index (Phi) is 5.49. The van der Waals surface area contributed by atoms with Gasteiger partial charge < -0.3 is 10.4 Å². The maximum atomic E-state index is 11.6. The van der Waals surface area contributed by atoms with E-state index < -0.39 is 5.60 Å². The minimum atomic E-state index is -0.840. The fourth-order valence-electron chi connectivity index (χ4n) is 1.33. The minimum Gasteiger partial charge on any atom is -0.388 e. The molecule has 1 aromatic heterocycles. The number of hydrogen-bond acceptors (Lipinski definition) is 5. The normalized spacial score (nSPS) is 11.3. The van der Waals surface area contributed by atoms with Crippen LogP contribution >= 0.6 is 11.3 Å². The molecule has 1 heterocycles. The Morgan fingerprint density at radius 1 is 1.33 bits per heavy atom. The fraction of sp³-hybridized carbons (Fsp3) is 0.727. The highest BCUT2D eigenvalue weighted by molar-refractivity contribution is 7.15. The van der Waals surface area contributed by atoms with Crippen LogP contribution in [-0.4, -0.2) is 33.5 Å². The van der Waals surface area contributed by atoms with E-state index in [1.807, 2.05) is 20.8 Å². The number of aliphatic hydroxyl groups is 1.